The van der Waals surface area contributed by atoms with E-state index >= 15 is 0 Å². The summed E-state index contributed by atoms with van der Waals surface area (Å²) in [5.41, 5.74) is 0.987. The van der Waals surface area contributed by atoms with Crippen LogP contribution < -0.4 is 10.1 Å². The Bertz CT molecular complexity index is 426. The van der Waals surface area contributed by atoms with Gasteiger partial charge in [0.15, 0.2) is 0 Å². The fourth-order valence-electron chi connectivity index (χ4n) is 1.60. The Morgan fingerprint density at radius 1 is 1.40 bits per heavy atom. The van der Waals surface area contributed by atoms with E-state index in [1.807, 2.05) is 25.1 Å². The van der Waals surface area contributed by atoms with E-state index in [0.29, 0.717) is 32.9 Å². The molecule has 0 aliphatic carbocycles. The number of carboxylic acids is 1. The van der Waals surface area contributed by atoms with Crippen molar-refractivity contribution in [3.63, 3.8) is 0 Å². The van der Waals surface area contributed by atoms with Crippen molar-refractivity contribution in [2.45, 2.75) is 19.9 Å². The second-order valence-electron chi connectivity index (χ2n) is 4.12. The number of nitrogens with one attached hydrogen (secondary N) is 1. The first-order valence-electron chi connectivity index (χ1n) is 6.55. The van der Waals surface area contributed by atoms with Crippen molar-refractivity contribution in [1.82, 2.24) is 5.32 Å². The van der Waals surface area contributed by atoms with Gasteiger partial charge < -0.3 is 19.9 Å². The van der Waals surface area contributed by atoms with Gasteiger partial charge >= 0.3 is 5.97 Å². The molecule has 1 aromatic rings. The summed E-state index contributed by atoms with van der Waals surface area (Å²) >= 11 is 3.42. The summed E-state index contributed by atoms with van der Waals surface area (Å²) in [7, 11) is 0. The van der Waals surface area contributed by atoms with Gasteiger partial charge in [0.05, 0.1) is 13.0 Å². The molecule has 112 valence electrons. The zero-order chi connectivity index (χ0) is 14.8. The smallest absolute Gasteiger partial charge is 0.304 e. The molecule has 0 atom stereocenters. The topological polar surface area (TPSA) is 67.8 Å². The molecule has 0 bridgehead atoms. The Balaban J connectivity index is 2.49. The first-order chi connectivity index (χ1) is 9.63. The summed E-state index contributed by atoms with van der Waals surface area (Å²) in [5.74, 6) is -0.0179. The van der Waals surface area contributed by atoms with E-state index in [1.165, 1.54) is 0 Å². The lowest BCUT2D eigenvalue weighted by molar-refractivity contribution is -0.136. The Kier molecular flexibility index (Phi) is 8.25. The van der Waals surface area contributed by atoms with E-state index in [9.17, 15) is 4.79 Å². The van der Waals surface area contributed by atoms with Crippen molar-refractivity contribution in [2.75, 3.05) is 26.4 Å². The summed E-state index contributed by atoms with van der Waals surface area (Å²) in [6.07, 6.45) is 0.106. The van der Waals surface area contributed by atoms with Gasteiger partial charge in [0, 0.05) is 29.7 Å². The minimum atomic E-state index is -0.806. The first-order valence-corrected chi connectivity index (χ1v) is 7.34. The van der Waals surface area contributed by atoms with E-state index in [1.54, 1.807) is 0 Å². The SMILES string of the molecule is CCOCCOc1ccc(Br)cc1CNCCC(=O)O. The van der Waals surface area contributed by atoms with Gasteiger partial charge in [-0.05, 0) is 25.1 Å². The number of carbonyl (C=O) groups is 1. The molecule has 0 saturated heterocycles. The zero-order valence-corrected chi connectivity index (χ0v) is 13.1. The second-order valence-corrected chi connectivity index (χ2v) is 5.03. The van der Waals surface area contributed by atoms with Crippen LogP contribution in [0.3, 0.4) is 0 Å². The van der Waals surface area contributed by atoms with E-state index in [0.717, 1.165) is 15.8 Å². The predicted molar refractivity (Wildman–Crippen MR) is 80.1 cm³/mol. The third-order valence-corrected chi connectivity index (χ3v) is 3.04. The van der Waals surface area contributed by atoms with Crippen LogP contribution in [0.4, 0.5) is 0 Å². The number of benzene rings is 1. The van der Waals surface area contributed by atoms with Gasteiger partial charge in [-0.3, -0.25) is 4.79 Å². The van der Waals surface area contributed by atoms with E-state index < -0.39 is 5.97 Å². The molecule has 2 N–H and O–H groups in total. The van der Waals surface area contributed by atoms with Crippen molar-refractivity contribution in [3.8, 4) is 5.75 Å². The summed E-state index contributed by atoms with van der Waals surface area (Å²) in [5, 5.41) is 11.7. The van der Waals surface area contributed by atoms with Gasteiger partial charge in [-0.2, -0.15) is 0 Å². The molecular weight excluding hydrogens is 326 g/mol. The molecule has 20 heavy (non-hydrogen) atoms. The summed E-state index contributed by atoms with van der Waals surface area (Å²) < 4.78 is 11.9. The molecule has 0 aliphatic rings. The molecule has 6 heteroatoms. The summed E-state index contributed by atoms with van der Waals surface area (Å²) in [6, 6.07) is 5.77. The van der Waals surface area contributed by atoms with Gasteiger partial charge in [0.2, 0.25) is 0 Å². The van der Waals surface area contributed by atoms with Crippen LogP contribution in [0.1, 0.15) is 18.9 Å². The Morgan fingerprint density at radius 2 is 2.20 bits per heavy atom. The number of hydrogen-bond acceptors (Lipinski definition) is 4. The van der Waals surface area contributed by atoms with Crippen LogP contribution in [0.5, 0.6) is 5.75 Å². The van der Waals surface area contributed by atoms with Crippen molar-refractivity contribution in [2.24, 2.45) is 0 Å². The Labute approximate surface area is 127 Å². The molecule has 0 unspecified atom stereocenters. The summed E-state index contributed by atoms with van der Waals surface area (Å²) in [6.45, 7) is 4.66. The maximum absolute atomic E-state index is 10.4. The molecule has 0 radical (unpaired) electrons. The minimum absolute atomic E-state index is 0.106. The van der Waals surface area contributed by atoms with Crippen LogP contribution in [-0.2, 0) is 16.1 Å². The maximum atomic E-state index is 10.4. The third kappa shape index (κ3) is 6.88. The van der Waals surface area contributed by atoms with Crippen LogP contribution in [0.25, 0.3) is 0 Å². The van der Waals surface area contributed by atoms with Crippen LogP contribution in [0.2, 0.25) is 0 Å². The highest BCUT2D eigenvalue weighted by Gasteiger charge is 2.05. The molecule has 1 aromatic carbocycles. The molecule has 0 fully saturated rings. The fraction of sp³-hybridized carbons (Fsp3) is 0.500. The summed E-state index contributed by atoms with van der Waals surface area (Å²) in [4.78, 5) is 10.4. The largest absolute Gasteiger partial charge is 0.491 e. The number of halogens is 1. The molecule has 0 heterocycles. The monoisotopic (exact) mass is 345 g/mol. The molecule has 1 rings (SSSR count). The molecule has 0 aromatic heterocycles. The minimum Gasteiger partial charge on any atom is -0.491 e. The molecule has 5 nitrogen and oxygen atoms in total. The fourth-order valence-corrected chi connectivity index (χ4v) is 2.01. The van der Waals surface area contributed by atoms with E-state index in [-0.39, 0.29) is 6.42 Å². The molecule has 0 amide bonds. The van der Waals surface area contributed by atoms with Crippen molar-refractivity contribution in [3.05, 3.63) is 28.2 Å². The maximum Gasteiger partial charge on any atom is 0.304 e. The quantitative estimate of drug-likeness (QED) is 0.637. The number of aliphatic carboxylic acids is 1. The lowest BCUT2D eigenvalue weighted by atomic mass is 10.2. The number of carboxylic acid groups (broad SMARTS) is 1. The van der Waals surface area contributed by atoms with Gasteiger partial charge in [-0.25, -0.2) is 0 Å². The Hall–Kier alpha value is -1.11. The van der Waals surface area contributed by atoms with Gasteiger partial charge in [-0.15, -0.1) is 0 Å². The van der Waals surface area contributed by atoms with Gasteiger partial charge in [0.25, 0.3) is 0 Å². The van der Waals surface area contributed by atoms with Crippen molar-refractivity contribution >= 4 is 21.9 Å². The molecule has 0 saturated carbocycles. The van der Waals surface area contributed by atoms with Gasteiger partial charge in [-0.1, -0.05) is 15.9 Å². The van der Waals surface area contributed by atoms with Gasteiger partial charge in [0.1, 0.15) is 12.4 Å². The van der Waals surface area contributed by atoms with Crippen LogP contribution in [-0.4, -0.2) is 37.4 Å². The standard InChI is InChI=1S/C14H20BrNO4/c1-2-19-7-8-20-13-4-3-12(15)9-11(13)10-16-6-5-14(17)18/h3-4,9,16H,2,5-8,10H2,1H3,(H,17,18). The van der Waals surface area contributed by atoms with Crippen molar-refractivity contribution < 1.29 is 19.4 Å². The van der Waals surface area contributed by atoms with Crippen LogP contribution in [0.15, 0.2) is 22.7 Å². The number of hydrogen-bond donors (Lipinski definition) is 2. The zero-order valence-electron chi connectivity index (χ0n) is 11.5. The average molecular weight is 346 g/mol. The highest BCUT2D eigenvalue weighted by molar-refractivity contribution is 9.10. The highest BCUT2D eigenvalue weighted by atomic mass is 79.9. The third-order valence-electron chi connectivity index (χ3n) is 2.54. The van der Waals surface area contributed by atoms with Crippen LogP contribution >= 0.6 is 15.9 Å². The number of rotatable bonds is 10. The Morgan fingerprint density at radius 3 is 2.90 bits per heavy atom. The second kappa shape index (κ2) is 9.74. The molecular formula is C14H20BrNO4. The molecule has 0 aliphatic heterocycles. The lowest BCUT2D eigenvalue weighted by Crippen LogP contribution is -2.18. The normalized spacial score (nSPS) is 10.5. The average Bonchev–Trinajstić information content (AvgIpc) is 2.41. The van der Waals surface area contributed by atoms with E-state index in [2.05, 4.69) is 21.2 Å². The number of ether oxygens (including phenoxy) is 2. The highest BCUT2D eigenvalue weighted by Crippen LogP contribution is 2.23. The van der Waals surface area contributed by atoms with Crippen LogP contribution in [0, 0.1) is 0 Å². The van der Waals surface area contributed by atoms with Crippen molar-refractivity contribution in [1.29, 1.82) is 0 Å². The van der Waals surface area contributed by atoms with E-state index in [4.69, 9.17) is 14.6 Å². The lowest BCUT2D eigenvalue weighted by Gasteiger charge is -2.12. The predicted octanol–water partition coefficient (Wildman–Crippen LogP) is 2.43. The molecule has 0 spiro atoms. The first kappa shape index (κ1) is 16.9.